The van der Waals surface area contributed by atoms with Gasteiger partial charge in [-0.3, -0.25) is 4.98 Å². The maximum atomic E-state index is 14.1. The molecular weight excluding hydrogens is 557 g/mol. The third-order valence-electron chi connectivity index (χ3n) is 6.06. The van der Waals surface area contributed by atoms with Crippen LogP contribution in [-0.2, 0) is 6.42 Å². The lowest BCUT2D eigenvalue weighted by atomic mass is 9.72. The summed E-state index contributed by atoms with van der Waals surface area (Å²) in [6, 6.07) is 3.61. The van der Waals surface area contributed by atoms with E-state index in [1.807, 2.05) is 13.8 Å². The number of rotatable bonds is 5. The molecule has 2 N–H and O–H groups in total. The van der Waals surface area contributed by atoms with Crippen molar-refractivity contribution in [1.82, 2.24) is 4.98 Å². The minimum Gasteiger partial charge on any atom is -0.388 e. The van der Waals surface area contributed by atoms with Crippen LogP contribution in [0.2, 0.25) is 0 Å². The van der Waals surface area contributed by atoms with E-state index in [9.17, 15) is 25.8 Å². The molecule has 32 heavy (non-hydrogen) atoms. The summed E-state index contributed by atoms with van der Waals surface area (Å²) < 4.78 is 59.3. The highest BCUT2D eigenvalue weighted by molar-refractivity contribution is 14.2. The summed E-state index contributed by atoms with van der Waals surface area (Å²) >= 11 is -2.89. The largest absolute Gasteiger partial charge is 0.388 e. The summed E-state index contributed by atoms with van der Waals surface area (Å²) in [7, 11) is -8.32. The zero-order chi connectivity index (χ0) is 24.3. The normalized spacial score (nSPS) is 21.6. The number of hydrogen-bond donors (Lipinski definition) is 2. The highest BCUT2D eigenvalue weighted by Gasteiger charge is 2.62. The van der Waals surface area contributed by atoms with E-state index in [2.05, 4.69) is 18.4 Å². The van der Waals surface area contributed by atoms with E-state index in [1.54, 1.807) is 6.92 Å². The zero-order valence-corrected chi connectivity index (χ0v) is 21.8. The van der Waals surface area contributed by atoms with Crippen LogP contribution in [0, 0.1) is 12.3 Å². The van der Waals surface area contributed by atoms with E-state index in [1.165, 1.54) is 0 Å². The van der Waals surface area contributed by atoms with Crippen molar-refractivity contribution in [3.05, 3.63) is 57.9 Å². The molecule has 3 nitrogen and oxygen atoms in total. The molecule has 1 heterocycles. The number of aliphatic hydroxyl groups excluding tert-OH is 2. The molecule has 1 aromatic carbocycles. The van der Waals surface area contributed by atoms with Gasteiger partial charge in [0.05, 0.1) is 11.0 Å². The average molecular weight is 587 g/mol. The quantitative estimate of drug-likeness (QED) is 0.279. The Balaban J connectivity index is 2.14. The van der Waals surface area contributed by atoms with Crippen LogP contribution >= 0.6 is 26.4 Å². The maximum absolute atomic E-state index is 14.1. The minimum absolute atomic E-state index is 0.0557. The highest BCUT2D eigenvalue weighted by Crippen LogP contribution is 3.07. The Morgan fingerprint density at radius 2 is 1.72 bits per heavy atom. The lowest BCUT2D eigenvalue weighted by Gasteiger charge is -2.45. The van der Waals surface area contributed by atoms with Gasteiger partial charge < -0.3 is 10.2 Å². The fourth-order valence-electron chi connectivity index (χ4n) is 4.47. The Hall–Kier alpha value is -1.04. The standard InChI is InChI=1S/C23H30F4INO2S/c1-13(2)21-20(14(3)19-17(29-21)11-23(4,5)12-18(19)30)22(31)15-7-9-16(10-8-15)32(24,25,26,27)28-6/h7-10,13,18,22,30-31H,6,11-12H2,1-5H3/t18?,22-/m1/s1. The topological polar surface area (TPSA) is 53.4 Å². The van der Waals surface area contributed by atoms with Crippen LogP contribution in [0.25, 0.3) is 0 Å². The van der Waals surface area contributed by atoms with Crippen molar-refractivity contribution in [3.63, 3.8) is 0 Å². The summed E-state index contributed by atoms with van der Waals surface area (Å²) in [5, 5.41) is 22.0. The van der Waals surface area contributed by atoms with Gasteiger partial charge in [0.2, 0.25) is 7.01 Å². The van der Waals surface area contributed by atoms with Gasteiger partial charge in [0.1, 0.15) is 6.10 Å². The molecule has 180 valence electrons. The molecule has 3 rings (SSSR count). The van der Waals surface area contributed by atoms with E-state index >= 15 is 0 Å². The number of pyridine rings is 1. The number of hydrogen-bond acceptors (Lipinski definition) is 3. The molecule has 0 saturated carbocycles. The van der Waals surface area contributed by atoms with Gasteiger partial charge in [-0.05, 0) is 54.4 Å². The number of benzene rings is 1. The molecule has 0 saturated heterocycles. The summed E-state index contributed by atoms with van der Waals surface area (Å²) in [4.78, 5) is 3.49. The predicted molar refractivity (Wildman–Crippen MR) is 132 cm³/mol. The number of halogens is 5. The lowest BCUT2D eigenvalue weighted by molar-refractivity contribution is 0.0968. The Bertz CT molecular complexity index is 1080. The maximum Gasteiger partial charge on any atom is 0.223 e. The fourth-order valence-corrected chi connectivity index (χ4v) is 7.21. The van der Waals surface area contributed by atoms with E-state index in [4.69, 9.17) is 4.98 Å². The zero-order valence-electron chi connectivity index (χ0n) is 18.8. The Labute approximate surface area is 194 Å². The second kappa shape index (κ2) is 7.48. The van der Waals surface area contributed by atoms with Crippen LogP contribution in [0.5, 0.6) is 0 Å². The third-order valence-corrected chi connectivity index (χ3v) is 12.9. The first-order valence-electron chi connectivity index (χ1n) is 10.3. The van der Waals surface area contributed by atoms with E-state index < -0.39 is 43.5 Å². The van der Waals surface area contributed by atoms with Crippen molar-refractivity contribution < 1.29 is 25.8 Å². The van der Waals surface area contributed by atoms with Crippen molar-refractivity contribution in [2.75, 3.05) is 0 Å². The van der Waals surface area contributed by atoms with Gasteiger partial charge in [-0.2, -0.15) is 0 Å². The van der Waals surface area contributed by atoms with E-state index in [0.717, 1.165) is 17.8 Å². The summed E-state index contributed by atoms with van der Waals surface area (Å²) in [5.41, 5.74) is 3.40. The summed E-state index contributed by atoms with van der Waals surface area (Å²) in [5.74, 6) is -0.0557. The second-order valence-electron chi connectivity index (χ2n) is 9.66. The number of aliphatic hydroxyl groups is 2. The van der Waals surface area contributed by atoms with Crippen LogP contribution in [0.3, 0.4) is 0 Å². The SMILES string of the molecule is C=IS(F)(F)(F)(F)c1ccc([C@@H](O)c2c(C(C)C)nc3c(c2C)C(O)CC(C)(C)C3)cc1. The monoisotopic (exact) mass is 587 g/mol. The lowest BCUT2D eigenvalue weighted by Crippen LogP contribution is -2.29. The van der Waals surface area contributed by atoms with E-state index in [-0.39, 0.29) is 16.9 Å². The van der Waals surface area contributed by atoms with Crippen molar-refractivity contribution in [2.24, 2.45) is 5.41 Å². The molecule has 2 aromatic rings. The van der Waals surface area contributed by atoms with Crippen molar-refractivity contribution in [2.45, 2.75) is 70.5 Å². The molecule has 0 fully saturated rings. The van der Waals surface area contributed by atoms with Gasteiger partial charge >= 0.3 is 0 Å². The number of fused-ring (bicyclic) bond motifs is 1. The molecule has 0 bridgehead atoms. The average Bonchev–Trinajstić information content (AvgIpc) is 2.65. The number of nitrogens with zero attached hydrogens (tertiary/aromatic N) is 1. The van der Waals surface area contributed by atoms with Gasteiger partial charge in [-0.1, -0.05) is 44.3 Å². The van der Waals surface area contributed by atoms with Crippen LogP contribution in [-0.4, -0.2) is 19.7 Å². The van der Waals surface area contributed by atoms with Gasteiger partial charge in [-0.25, -0.2) is 0 Å². The van der Waals surface area contributed by atoms with Crippen LogP contribution in [0.15, 0.2) is 29.2 Å². The molecule has 1 aliphatic carbocycles. The van der Waals surface area contributed by atoms with Gasteiger partial charge in [0.15, 0.2) is 0 Å². The first-order valence-corrected chi connectivity index (χ1v) is 16.4. The highest BCUT2D eigenvalue weighted by atomic mass is 127. The molecule has 0 radical (unpaired) electrons. The molecule has 1 aliphatic rings. The van der Waals surface area contributed by atoms with Crippen molar-refractivity contribution in [1.29, 1.82) is 0 Å². The molecule has 0 aliphatic heterocycles. The predicted octanol–water partition coefficient (Wildman–Crippen LogP) is 7.69. The smallest absolute Gasteiger partial charge is 0.223 e. The van der Waals surface area contributed by atoms with Crippen molar-refractivity contribution in [3.8, 4) is 0 Å². The molecule has 0 spiro atoms. The molecule has 1 unspecified atom stereocenters. The summed E-state index contributed by atoms with van der Waals surface area (Å²) in [6.07, 6.45) is -0.755. The second-order valence-corrected chi connectivity index (χ2v) is 19.5. The van der Waals surface area contributed by atoms with Crippen LogP contribution in [0.1, 0.15) is 85.9 Å². The minimum atomic E-state index is -8.32. The number of aromatic nitrogens is 1. The first kappa shape index (κ1) is 25.6. The van der Waals surface area contributed by atoms with Crippen molar-refractivity contribution >= 4 is 30.9 Å². The summed E-state index contributed by atoms with van der Waals surface area (Å²) in [6.45, 7) is 9.80. The van der Waals surface area contributed by atoms with Crippen LogP contribution < -0.4 is 0 Å². The molecule has 9 heteroatoms. The van der Waals surface area contributed by atoms with Gasteiger partial charge in [-0.15, -0.1) is 15.5 Å². The fraction of sp³-hybridized carbons (Fsp3) is 0.478. The van der Waals surface area contributed by atoms with Gasteiger partial charge in [0, 0.05) is 41.9 Å². The van der Waals surface area contributed by atoms with E-state index in [0.29, 0.717) is 47.4 Å². The first-order chi connectivity index (χ1) is 14.4. The Morgan fingerprint density at radius 1 is 1.16 bits per heavy atom. The van der Waals surface area contributed by atoms with Gasteiger partial charge in [0.25, 0.3) is 0 Å². The Morgan fingerprint density at radius 3 is 2.22 bits per heavy atom. The Kier molecular flexibility index (Phi) is 5.98. The molecular formula is C23H30F4INO2S. The third kappa shape index (κ3) is 4.63. The molecule has 0 amide bonds. The molecule has 1 aromatic heterocycles. The van der Waals surface area contributed by atoms with Crippen LogP contribution in [0.4, 0.5) is 15.5 Å². The molecule has 2 atom stereocenters.